The topological polar surface area (TPSA) is 74.1 Å². The van der Waals surface area contributed by atoms with Gasteiger partial charge in [0.2, 0.25) is 5.79 Å². The zero-order chi connectivity index (χ0) is 22.0. The highest BCUT2D eigenvalue weighted by Crippen LogP contribution is 2.29. The zero-order valence-corrected chi connectivity index (χ0v) is 18.6. The minimum Gasteiger partial charge on any atom is -0.378 e. The van der Waals surface area contributed by atoms with Crippen molar-refractivity contribution in [1.29, 1.82) is 0 Å². The molecule has 8 heteroatoms. The number of hydrogen-bond donors (Lipinski definition) is 2. The minimum absolute atomic E-state index is 0.0125. The minimum atomic E-state index is -0.621. The Balaban J connectivity index is 1.72. The van der Waals surface area contributed by atoms with Crippen molar-refractivity contribution in [2.24, 2.45) is 12.0 Å². The molecule has 3 heterocycles. The van der Waals surface area contributed by atoms with Crippen molar-refractivity contribution in [3.8, 4) is 11.1 Å². The Hall–Kier alpha value is -3.10. The van der Waals surface area contributed by atoms with Crippen LogP contribution in [-0.4, -0.2) is 61.9 Å². The van der Waals surface area contributed by atoms with E-state index in [0.717, 1.165) is 41.2 Å². The first-order valence-corrected chi connectivity index (χ1v) is 10.5. The van der Waals surface area contributed by atoms with Crippen LogP contribution in [-0.2, 0) is 11.8 Å². The monoisotopic (exact) mass is 422 g/mol. The standard InChI is InChI=1S/C23H30N6O2/c1-17-5-6-19(26-23(27(2)3)16-24-7-8-25-23)14-20(17)18-13-21(22(30)28(4)15-18)29-9-11-31-12-10-29/h5-8,13-16,25-26H,9-12H2,1-4H3. The highest BCUT2D eigenvalue weighted by atomic mass is 16.5. The normalized spacial score (nSPS) is 20.7. The van der Waals surface area contributed by atoms with Crippen LogP contribution in [0.5, 0.6) is 0 Å². The number of hydrogen-bond acceptors (Lipinski definition) is 7. The summed E-state index contributed by atoms with van der Waals surface area (Å²) in [5, 5.41) is 6.90. The fourth-order valence-electron chi connectivity index (χ4n) is 3.92. The molecule has 1 atom stereocenters. The molecule has 2 aliphatic heterocycles. The average molecular weight is 423 g/mol. The Morgan fingerprint density at radius 2 is 2.00 bits per heavy atom. The van der Waals surface area contributed by atoms with Gasteiger partial charge >= 0.3 is 0 Å². The molecular formula is C23H30N6O2. The summed E-state index contributed by atoms with van der Waals surface area (Å²) in [6.07, 6.45) is 7.30. The van der Waals surface area contributed by atoms with Gasteiger partial charge in [-0.05, 0) is 50.3 Å². The molecule has 0 spiro atoms. The lowest BCUT2D eigenvalue weighted by molar-refractivity contribution is 0.122. The first-order valence-electron chi connectivity index (χ1n) is 10.5. The van der Waals surface area contributed by atoms with E-state index < -0.39 is 5.79 Å². The summed E-state index contributed by atoms with van der Waals surface area (Å²) in [5.41, 5.74) is 4.91. The molecule has 0 bridgehead atoms. The molecule has 2 aromatic rings. The highest BCUT2D eigenvalue weighted by Gasteiger charge is 2.30. The van der Waals surface area contributed by atoms with Gasteiger partial charge in [0.25, 0.3) is 5.56 Å². The number of pyridine rings is 1. The Morgan fingerprint density at radius 3 is 2.68 bits per heavy atom. The van der Waals surface area contributed by atoms with E-state index in [0.29, 0.717) is 13.2 Å². The van der Waals surface area contributed by atoms with E-state index in [1.807, 2.05) is 50.7 Å². The molecule has 2 N–H and O–H groups in total. The molecule has 0 amide bonds. The van der Waals surface area contributed by atoms with Crippen LogP contribution in [0, 0.1) is 6.92 Å². The van der Waals surface area contributed by atoms with E-state index in [4.69, 9.17) is 4.74 Å². The molecule has 1 saturated heterocycles. The second-order valence-corrected chi connectivity index (χ2v) is 8.18. The summed E-state index contributed by atoms with van der Waals surface area (Å²) in [4.78, 5) is 21.3. The van der Waals surface area contributed by atoms with Crippen molar-refractivity contribution in [2.45, 2.75) is 12.7 Å². The number of anilines is 2. The van der Waals surface area contributed by atoms with Crippen LogP contribution in [0.25, 0.3) is 11.1 Å². The lowest BCUT2D eigenvalue weighted by atomic mass is 10.0. The van der Waals surface area contributed by atoms with Gasteiger partial charge in [0, 0.05) is 50.0 Å². The molecule has 1 fully saturated rings. The highest BCUT2D eigenvalue weighted by molar-refractivity contribution is 5.78. The van der Waals surface area contributed by atoms with Crippen LogP contribution in [0.2, 0.25) is 0 Å². The quantitative estimate of drug-likeness (QED) is 0.718. The summed E-state index contributed by atoms with van der Waals surface area (Å²) in [6, 6.07) is 8.28. The average Bonchev–Trinajstić information content (AvgIpc) is 2.78. The molecule has 0 saturated carbocycles. The molecular weight excluding hydrogens is 392 g/mol. The number of benzene rings is 1. The summed E-state index contributed by atoms with van der Waals surface area (Å²) in [5.74, 6) is -0.621. The smallest absolute Gasteiger partial charge is 0.273 e. The van der Waals surface area contributed by atoms with Crippen molar-refractivity contribution in [3.63, 3.8) is 0 Å². The number of rotatable bonds is 5. The number of aromatic nitrogens is 1. The second kappa shape index (κ2) is 8.56. The van der Waals surface area contributed by atoms with Crippen molar-refractivity contribution in [3.05, 3.63) is 58.8 Å². The molecule has 4 rings (SSSR count). The molecule has 1 aromatic carbocycles. The summed E-state index contributed by atoms with van der Waals surface area (Å²) >= 11 is 0. The van der Waals surface area contributed by atoms with Crippen molar-refractivity contribution < 1.29 is 4.74 Å². The summed E-state index contributed by atoms with van der Waals surface area (Å²) < 4.78 is 7.13. The third-order valence-electron chi connectivity index (χ3n) is 5.83. The fraction of sp³-hybridized carbons (Fsp3) is 0.391. The Labute approximate surface area is 182 Å². The van der Waals surface area contributed by atoms with Crippen LogP contribution in [0.15, 0.2) is 52.6 Å². The van der Waals surface area contributed by atoms with Gasteiger partial charge in [0.1, 0.15) is 5.69 Å². The molecule has 8 nitrogen and oxygen atoms in total. The predicted octanol–water partition coefficient (Wildman–Crippen LogP) is 1.97. The molecule has 1 aromatic heterocycles. The number of ether oxygens (including phenoxy) is 1. The Bertz CT molecular complexity index is 1070. The van der Waals surface area contributed by atoms with Gasteiger partial charge in [0.05, 0.1) is 19.4 Å². The molecule has 0 aliphatic carbocycles. The lowest BCUT2D eigenvalue weighted by Gasteiger charge is -2.39. The Kier molecular flexibility index (Phi) is 5.84. The van der Waals surface area contributed by atoms with Gasteiger partial charge in [-0.3, -0.25) is 14.7 Å². The van der Waals surface area contributed by atoms with Crippen molar-refractivity contribution in [1.82, 2.24) is 14.8 Å². The number of nitrogens with one attached hydrogen (secondary N) is 2. The number of aliphatic imine (C=N–C) groups is 1. The molecule has 164 valence electrons. The van der Waals surface area contributed by atoms with Crippen LogP contribution in [0.1, 0.15) is 5.56 Å². The van der Waals surface area contributed by atoms with Crippen LogP contribution >= 0.6 is 0 Å². The first-order chi connectivity index (χ1) is 14.9. The van der Waals surface area contributed by atoms with Crippen molar-refractivity contribution in [2.75, 3.05) is 50.6 Å². The van der Waals surface area contributed by atoms with Gasteiger partial charge in [-0.15, -0.1) is 0 Å². The number of nitrogens with zero attached hydrogens (tertiary/aromatic N) is 4. The maximum Gasteiger partial charge on any atom is 0.273 e. The third kappa shape index (κ3) is 4.22. The van der Waals surface area contributed by atoms with E-state index >= 15 is 0 Å². The van der Waals surface area contributed by atoms with Crippen molar-refractivity contribution >= 4 is 17.6 Å². The number of aryl methyl sites for hydroxylation is 2. The first kappa shape index (κ1) is 21.1. The largest absolute Gasteiger partial charge is 0.378 e. The molecule has 1 unspecified atom stereocenters. The maximum atomic E-state index is 12.8. The Morgan fingerprint density at radius 1 is 1.23 bits per heavy atom. The zero-order valence-electron chi connectivity index (χ0n) is 18.6. The van der Waals surface area contributed by atoms with Gasteiger partial charge in [0.15, 0.2) is 0 Å². The predicted molar refractivity (Wildman–Crippen MR) is 126 cm³/mol. The molecule has 0 radical (unpaired) electrons. The molecule has 31 heavy (non-hydrogen) atoms. The number of morpholine rings is 1. The van der Waals surface area contributed by atoms with E-state index in [-0.39, 0.29) is 5.56 Å². The second-order valence-electron chi connectivity index (χ2n) is 8.18. The summed E-state index contributed by atoms with van der Waals surface area (Å²) in [7, 11) is 5.78. The lowest BCUT2D eigenvalue weighted by Crippen LogP contribution is -2.62. The van der Waals surface area contributed by atoms with Gasteiger partial charge in [-0.2, -0.15) is 0 Å². The van der Waals surface area contributed by atoms with E-state index in [1.165, 1.54) is 0 Å². The van der Waals surface area contributed by atoms with Gasteiger partial charge < -0.3 is 24.8 Å². The van der Waals surface area contributed by atoms with Crippen LogP contribution in [0.4, 0.5) is 11.4 Å². The third-order valence-corrected chi connectivity index (χ3v) is 5.83. The maximum absolute atomic E-state index is 12.8. The van der Waals surface area contributed by atoms with Gasteiger partial charge in [-0.1, -0.05) is 6.07 Å². The fourth-order valence-corrected chi connectivity index (χ4v) is 3.92. The van der Waals surface area contributed by atoms with E-state index in [9.17, 15) is 4.79 Å². The van der Waals surface area contributed by atoms with E-state index in [2.05, 4.69) is 45.6 Å². The van der Waals surface area contributed by atoms with Gasteiger partial charge in [-0.25, -0.2) is 0 Å². The van der Waals surface area contributed by atoms with Crippen LogP contribution in [0.3, 0.4) is 0 Å². The molecule has 2 aliphatic rings. The van der Waals surface area contributed by atoms with E-state index in [1.54, 1.807) is 10.8 Å². The SMILES string of the molecule is Cc1ccc(NC2(N(C)C)C=NC=CN2)cc1-c1cc(N2CCOCC2)c(=O)n(C)c1. The van der Waals surface area contributed by atoms with Crippen LogP contribution < -0.4 is 21.1 Å². The summed E-state index contributed by atoms with van der Waals surface area (Å²) in [6.45, 7) is 4.82.